The molecule has 1 aliphatic carbocycles. The zero-order valence-electron chi connectivity index (χ0n) is 10.5. The lowest BCUT2D eigenvalue weighted by molar-refractivity contribution is 0.254. The average Bonchev–Trinajstić information content (AvgIpc) is 2.90. The van der Waals surface area contributed by atoms with Gasteiger partial charge in [-0.25, -0.2) is 0 Å². The molecule has 1 fully saturated rings. The van der Waals surface area contributed by atoms with E-state index in [0.717, 1.165) is 16.6 Å². The minimum absolute atomic E-state index is 0.288. The van der Waals surface area contributed by atoms with E-state index >= 15 is 0 Å². The summed E-state index contributed by atoms with van der Waals surface area (Å²) in [6, 6.07) is 0.468. The summed E-state index contributed by atoms with van der Waals surface area (Å²) in [6.45, 7) is 4.55. The topological polar surface area (TPSA) is 58.0 Å². The maximum Gasteiger partial charge on any atom is 0.205 e. The molecule has 0 radical (unpaired) electrons. The van der Waals surface area contributed by atoms with E-state index in [2.05, 4.69) is 29.4 Å². The van der Waals surface area contributed by atoms with E-state index in [1.807, 2.05) is 0 Å². The van der Waals surface area contributed by atoms with Crippen LogP contribution >= 0.6 is 11.3 Å². The molecule has 17 heavy (non-hydrogen) atoms. The van der Waals surface area contributed by atoms with Crippen LogP contribution in [0, 0.1) is 5.92 Å². The van der Waals surface area contributed by atoms with Crippen LogP contribution in [-0.2, 0) is 0 Å². The second kappa shape index (κ2) is 5.78. The Hall–Kier alpha value is -0.680. The van der Waals surface area contributed by atoms with E-state index in [4.69, 9.17) is 5.11 Å². The van der Waals surface area contributed by atoms with Crippen molar-refractivity contribution in [3.05, 3.63) is 5.01 Å². The van der Waals surface area contributed by atoms with Crippen LogP contribution in [0.2, 0.25) is 0 Å². The van der Waals surface area contributed by atoms with Gasteiger partial charge < -0.3 is 10.4 Å². The quantitative estimate of drug-likeness (QED) is 0.849. The van der Waals surface area contributed by atoms with E-state index in [9.17, 15) is 0 Å². The van der Waals surface area contributed by atoms with Crippen molar-refractivity contribution in [1.82, 2.24) is 10.2 Å². The van der Waals surface area contributed by atoms with Crippen molar-refractivity contribution in [1.29, 1.82) is 0 Å². The summed E-state index contributed by atoms with van der Waals surface area (Å²) >= 11 is 1.65. The summed E-state index contributed by atoms with van der Waals surface area (Å²) in [6.07, 6.45) is 4.54. The largest absolute Gasteiger partial charge is 0.396 e. The van der Waals surface area contributed by atoms with Crippen LogP contribution in [0.5, 0.6) is 0 Å². The van der Waals surface area contributed by atoms with Gasteiger partial charge in [0.2, 0.25) is 5.13 Å². The Balaban J connectivity index is 1.94. The molecule has 4 nitrogen and oxygen atoms in total. The molecule has 0 amide bonds. The lowest BCUT2D eigenvalue weighted by Gasteiger charge is -2.19. The number of nitrogens with one attached hydrogen (secondary N) is 1. The molecule has 0 aliphatic heterocycles. The minimum Gasteiger partial charge on any atom is -0.396 e. The standard InChI is InChI=1S/C12H21N3OS/c1-8(2)11-14-15-12(17-11)13-10-5-3-4-9(10)6-7-16/h8-10,16H,3-7H2,1-2H3,(H,13,15). The van der Waals surface area contributed by atoms with Crippen LogP contribution < -0.4 is 5.32 Å². The van der Waals surface area contributed by atoms with Crippen molar-refractivity contribution >= 4 is 16.5 Å². The molecule has 1 aliphatic rings. The van der Waals surface area contributed by atoms with Crippen molar-refractivity contribution in [3.63, 3.8) is 0 Å². The lowest BCUT2D eigenvalue weighted by Crippen LogP contribution is -2.24. The van der Waals surface area contributed by atoms with Gasteiger partial charge in [-0.2, -0.15) is 0 Å². The molecule has 96 valence electrons. The smallest absolute Gasteiger partial charge is 0.205 e. The van der Waals surface area contributed by atoms with Crippen LogP contribution in [0.15, 0.2) is 0 Å². The molecule has 0 aromatic carbocycles. The van der Waals surface area contributed by atoms with Crippen molar-refractivity contribution in [2.75, 3.05) is 11.9 Å². The Morgan fingerprint density at radius 3 is 2.88 bits per heavy atom. The molecule has 1 saturated carbocycles. The molecule has 1 heterocycles. The van der Waals surface area contributed by atoms with E-state index in [0.29, 0.717) is 17.9 Å². The van der Waals surface area contributed by atoms with Crippen LogP contribution in [-0.4, -0.2) is 28.0 Å². The van der Waals surface area contributed by atoms with Gasteiger partial charge in [-0.15, -0.1) is 10.2 Å². The Morgan fingerprint density at radius 2 is 2.24 bits per heavy atom. The second-order valence-corrected chi connectivity index (χ2v) is 6.06. The fraction of sp³-hybridized carbons (Fsp3) is 0.833. The third kappa shape index (κ3) is 3.16. The Bertz CT molecular complexity index is 353. The molecule has 5 heteroatoms. The van der Waals surface area contributed by atoms with Gasteiger partial charge >= 0.3 is 0 Å². The highest BCUT2D eigenvalue weighted by Crippen LogP contribution is 2.32. The molecule has 2 atom stereocenters. The van der Waals surface area contributed by atoms with Gasteiger partial charge in [0.25, 0.3) is 0 Å². The molecule has 0 bridgehead atoms. The molecule has 2 N–H and O–H groups in total. The lowest BCUT2D eigenvalue weighted by atomic mass is 10.0. The molecule has 2 unspecified atom stereocenters. The number of anilines is 1. The van der Waals surface area contributed by atoms with Gasteiger partial charge in [0, 0.05) is 18.6 Å². The number of rotatable bonds is 5. The monoisotopic (exact) mass is 255 g/mol. The number of nitrogens with zero attached hydrogens (tertiary/aromatic N) is 2. The van der Waals surface area contributed by atoms with E-state index in [-0.39, 0.29) is 6.61 Å². The maximum absolute atomic E-state index is 9.03. The van der Waals surface area contributed by atoms with Gasteiger partial charge in [-0.05, 0) is 25.2 Å². The van der Waals surface area contributed by atoms with Crippen molar-refractivity contribution in [2.24, 2.45) is 5.92 Å². The third-order valence-corrected chi connectivity index (χ3v) is 4.56. The molecule has 2 rings (SSSR count). The molecule has 0 saturated heterocycles. The second-order valence-electron chi connectivity index (χ2n) is 5.05. The summed E-state index contributed by atoms with van der Waals surface area (Å²) in [5.41, 5.74) is 0. The maximum atomic E-state index is 9.03. The SMILES string of the molecule is CC(C)c1nnc(NC2CCCC2CCO)s1. The molecular formula is C12H21N3OS. The van der Waals surface area contributed by atoms with Gasteiger partial charge in [-0.3, -0.25) is 0 Å². The fourth-order valence-corrected chi connectivity index (χ4v) is 3.23. The number of hydrogen-bond acceptors (Lipinski definition) is 5. The highest BCUT2D eigenvalue weighted by atomic mass is 32.1. The predicted octanol–water partition coefficient (Wildman–Crippen LogP) is 2.62. The molecule has 0 spiro atoms. The Kier molecular flexibility index (Phi) is 4.34. The Labute approximate surface area is 106 Å². The molecular weight excluding hydrogens is 234 g/mol. The fourth-order valence-electron chi connectivity index (χ4n) is 2.42. The van der Waals surface area contributed by atoms with Crippen molar-refractivity contribution < 1.29 is 5.11 Å². The zero-order valence-corrected chi connectivity index (χ0v) is 11.3. The first-order chi connectivity index (χ1) is 8.20. The van der Waals surface area contributed by atoms with E-state index in [1.54, 1.807) is 11.3 Å². The summed E-state index contributed by atoms with van der Waals surface area (Å²) in [7, 11) is 0. The highest BCUT2D eigenvalue weighted by molar-refractivity contribution is 7.15. The molecule has 1 aromatic heterocycles. The number of hydrogen-bond donors (Lipinski definition) is 2. The number of aromatic nitrogens is 2. The first-order valence-electron chi connectivity index (χ1n) is 6.41. The van der Waals surface area contributed by atoms with Crippen LogP contribution in [0.1, 0.15) is 50.5 Å². The summed E-state index contributed by atoms with van der Waals surface area (Å²) in [5, 5.41) is 22.9. The van der Waals surface area contributed by atoms with E-state index < -0.39 is 0 Å². The highest BCUT2D eigenvalue weighted by Gasteiger charge is 2.27. The molecule has 1 aromatic rings. The van der Waals surface area contributed by atoms with Gasteiger partial charge in [0.15, 0.2) is 0 Å². The normalized spacial score (nSPS) is 24.5. The first-order valence-corrected chi connectivity index (χ1v) is 7.23. The van der Waals surface area contributed by atoms with Crippen molar-refractivity contribution in [3.8, 4) is 0 Å². The van der Waals surface area contributed by atoms with Crippen molar-refractivity contribution in [2.45, 2.75) is 51.5 Å². The van der Waals surface area contributed by atoms with Crippen LogP contribution in [0.3, 0.4) is 0 Å². The van der Waals surface area contributed by atoms with Gasteiger partial charge in [-0.1, -0.05) is 31.6 Å². The number of aliphatic hydroxyl groups is 1. The summed E-state index contributed by atoms with van der Waals surface area (Å²) < 4.78 is 0. The van der Waals surface area contributed by atoms with Crippen LogP contribution in [0.25, 0.3) is 0 Å². The predicted molar refractivity (Wildman–Crippen MR) is 70.5 cm³/mol. The minimum atomic E-state index is 0.288. The van der Waals surface area contributed by atoms with Crippen LogP contribution in [0.4, 0.5) is 5.13 Å². The average molecular weight is 255 g/mol. The van der Waals surface area contributed by atoms with E-state index in [1.165, 1.54) is 19.3 Å². The summed E-state index contributed by atoms with van der Waals surface area (Å²) in [5.74, 6) is 1.03. The third-order valence-electron chi connectivity index (χ3n) is 3.40. The summed E-state index contributed by atoms with van der Waals surface area (Å²) in [4.78, 5) is 0. The van der Waals surface area contributed by atoms with Gasteiger partial charge in [0.05, 0.1) is 0 Å². The zero-order chi connectivity index (χ0) is 12.3. The first kappa shape index (κ1) is 12.8. The number of aliphatic hydroxyl groups excluding tert-OH is 1. The van der Waals surface area contributed by atoms with Gasteiger partial charge in [0.1, 0.15) is 5.01 Å². The Morgan fingerprint density at radius 1 is 1.41 bits per heavy atom.